The first kappa shape index (κ1) is 26.0. The molecular weight excluding hydrogens is 499 g/mol. The number of amides is 1. The van der Waals surface area contributed by atoms with Gasteiger partial charge in [-0.05, 0) is 40.5 Å². The third-order valence-corrected chi connectivity index (χ3v) is 6.55. The van der Waals surface area contributed by atoms with Crippen LogP contribution in [0.1, 0.15) is 11.1 Å². The number of benzene rings is 4. The van der Waals surface area contributed by atoms with E-state index >= 15 is 0 Å². The van der Waals surface area contributed by atoms with Crippen LogP contribution in [0.25, 0.3) is 39.2 Å². The first-order valence-corrected chi connectivity index (χ1v) is 12.4. The number of likely N-dealkylation sites (N-methyl/N-ethyl adjacent to an activating group) is 1. The Hall–Kier alpha value is -4.65. The van der Waals surface area contributed by atoms with Crippen molar-refractivity contribution in [2.75, 3.05) is 14.1 Å². The Morgan fingerprint density at radius 1 is 0.744 bits per heavy atom. The van der Waals surface area contributed by atoms with Crippen molar-refractivity contribution in [2.45, 2.75) is 12.6 Å². The van der Waals surface area contributed by atoms with Gasteiger partial charge in [-0.2, -0.15) is 18.3 Å². The highest BCUT2D eigenvalue weighted by atomic mass is 19.4. The molecule has 196 valence electrons. The summed E-state index contributed by atoms with van der Waals surface area (Å²) in [6.07, 6.45) is -2.77. The standard InChI is InChI=1S/C32H26F3N3O/c1-37(2)30(39)19-27-21-38(29-10-6-9-28(20-29)32(33,34)35)36-31(27)26-17-15-25(16-18-26)24-13-11-23(12-14-24)22-7-4-3-5-8-22/h3-18,20-21H,19H2,1-2H3. The summed E-state index contributed by atoms with van der Waals surface area (Å²) in [6.45, 7) is 0. The predicted octanol–water partition coefficient (Wildman–Crippen LogP) is 7.52. The minimum Gasteiger partial charge on any atom is -0.349 e. The van der Waals surface area contributed by atoms with Crippen LogP contribution in [0.4, 0.5) is 13.2 Å². The molecule has 0 radical (unpaired) electrons. The Kier molecular flexibility index (Phi) is 7.07. The van der Waals surface area contributed by atoms with Crippen molar-refractivity contribution in [3.63, 3.8) is 0 Å². The van der Waals surface area contributed by atoms with Gasteiger partial charge in [0.1, 0.15) is 0 Å². The summed E-state index contributed by atoms with van der Waals surface area (Å²) in [5.74, 6) is -0.130. The zero-order valence-electron chi connectivity index (χ0n) is 21.5. The molecule has 0 saturated heterocycles. The smallest absolute Gasteiger partial charge is 0.349 e. The zero-order chi connectivity index (χ0) is 27.6. The molecule has 0 saturated carbocycles. The highest BCUT2D eigenvalue weighted by molar-refractivity contribution is 5.81. The van der Waals surface area contributed by atoms with Gasteiger partial charge in [-0.1, -0.05) is 84.9 Å². The van der Waals surface area contributed by atoms with Crippen LogP contribution in [0.5, 0.6) is 0 Å². The summed E-state index contributed by atoms with van der Waals surface area (Å²) in [5.41, 5.74) is 5.81. The Labute approximate surface area is 225 Å². The first-order valence-electron chi connectivity index (χ1n) is 12.4. The number of hydrogen-bond acceptors (Lipinski definition) is 2. The highest BCUT2D eigenvalue weighted by Crippen LogP contribution is 2.32. The number of halogens is 3. The van der Waals surface area contributed by atoms with Crippen LogP contribution < -0.4 is 0 Å². The van der Waals surface area contributed by atoms with E-state index in [2.05, 4.69) is 41.5 Å². The summed E-state index contributed by atoms with van der Waals surface area (Å²) in [4.78, 5) is 14.0. The van der Waals surface area contributed by atoms with Crippen LogP contribution in [0.2, 0.25) is 0 Å². The molecule has 0 aliphatic carbocycles. The van der Waals surface area contributed by atoms with Crippen molar-refractivity contribution in [1.82, 2.24) is 14.7 Å². The van der Waals surface area contributed by atoms with Crippen molar-refractivity contribution in [3.05, 3.63) is 120 Å². The van der Waals surface area contributed by atoms with E-state index in [-0.39, 0.29) is 18.0 Å². The van der Waals surface area contributed by atoms with E-state index in [9.17, 15) is 18.0 Å². The predicted molar refractivity (Wildman–Crippen MR) is 147 cm³/mol. The largest absolute Gasteiger partial charge is 0.416 e. The van der Waals surface area contributed by atoms with Crippen LogP contribution in [0.3, 0.4) is 0 Å². The molecule has 7 heteroatoms. The van der Waals surface area contributed by atoms with Crippen LogP contribution in [-0.4, -0.2) is 34.7 Å². The summed E-state index contributed by atoms with van der Waals surface area (Å²) < 4.78 is 41.3. The van der Waals surface area contributed by atoms with Gasteiger partial charge in [0.25, 0.3) is 0 Å². The molecule has 0 N–H and O–H groups in total. The van der Waals surface area contributed by atoms with E-state index in [0.717, 1.165) is 39.9 Å². The molecule has 0 unspecified atom stereocenters. The van der Waals surface area contributed by atoms with E-state index in [0.29, 0.717) is 11.3 Å². The first-order chi connectivity index (χ1) is 18.7. The maximum atomic E-state index is 13.3. The fourth-order valence-electron chi connectivity index (χ4n) is 4.37. The minimum absolute atomic E-state index is 0.0734. The molecule has 0 aliphatic heterocycles. The second-order valence-electron chi connectivity index (χ2n) is 9.48. The topological polar surface area (TPSA) is 38.1 Å². The average Bonchev–Trinajstić information content (AvgIpc) is 3.37. The van der Waals surface area contributed by atoms with Crippen LogP contribution in [-0.2, 0) is 17.4 Å². The van der Waals surface area contributed by atoms with E-state index in [1.165, 1.54) is 15.6 Å². The fraction of sp³-hybridized carbons (Fsp3) is 0.125. The minimum atomic E-state index is -4.47. The number of carbonyl (C=O) groups is 1. The molecule has 5 rings (SSSR count). The van der Waals surface area contributed by atoms with E-state index in [1.807, 2.05) is 42.5 Å². The Balaban J connectivity index is 1.47. The van der Waals surface area contributed by atoms with Gasteiger partial charge in [0.15, 0.2) is 0 Å². The number of aromatic nitrogens is 2. The van der Waals surface area contributed by atoms with Gasteiger partial charge in [-0.15, -0.1) is 0 Å². The molecule has 0 fully saturated rings. The molecule has 0 spiro atoms. The van der Waals surface area contributed by atoms with E-state index in [4.69, 9.17) is 0 Å². The third kappa shape index (κ3) is 5.77. The summed E-state index contributed by atoms with van der Waals surface area (Å²) in [5, 5.41) is 4.61. The maximum absolute atomic E-state index is 13.3. The summed E-state index contributed by atoms with van der Waals surface area (Å²) in [6, 6.07) is 31.2. The lowest BCUT2D eigenvalue weighted by atomic mass is 9.98. The van der Waals surface area contributed by atoms with Gasteiger partial charge in [0.2, 0.25) is 5.91 Å². The lowest BCUT2D eigenvalue weighted by Crippen LogP contribution is -2.23. The lowest BCUT2D eigenvalue weighted by molar-refractivity contribution is -0.137. The molecule has 4 nitrogen and oxygen atoms in total. The molecule has 5 aromatic rings. The van der Waals surface area contributed by atoms with Gasteiger partial charge < -0.3 is 4.90 Å². The molecule has 0 atom stereocenters. The molecule has 0 aliphatic rings. The molecular formula is C32H26F3N3O. The number of rotatable bonds is 6. The molecule has 1 heterocycles. The van der Waals surface area contributed by atoms with Crippen LogP contribution >= 0.6 is 0 Å². The molecule has 0 bridgehead atoms. The third-order valence-electron chi connectivity index (χ3n) is 6.55. The van der Waals surface area contributed by atoms with Crippen molar-refractivity contribution >= 4 is 5.91 Å². The van der Waals surface area contributed by atoms with Crippen molar-refractivity contribution < 1.29 is 18.0 Å². The monoisotopic (exact) mass is 525 g/mol. The number of nitrogens with zero attached hydrogens (tertiary/aromatic N) is 3. The van der Waals surface area contributed by atoms with Crippen molar-refractivity contribution in [1.29, 1.82) is 0 Å². The van der Waals surface area contributed by atoms with Gasteiger partial charge in [-0.25, -0.2) is 4.68 Å². The van der Waals surface area contributed by atoms with Gasteiger partial charge >= 0.3 is 6.18 Å². The summed E-state index contributed by atoms with van der Waals surface area (Å²) >= 11 is 0. The lowest BCUT2D eigenvalue weighted by Gasteiger charge is -2.10. The Bertz CT molecular complexity index is 1590. The Morgan fingerprint density at radius 2 is 1.28 bits per heavy atom. The summed E-state index contributed by atoms with van der Waals surface area (Å²) in [7, 11) is 3.33. The maximum Gasteiger partial charge on any atom is 0.416 e. The van der Waals surface area contributed by atoms with Crippen LogP contribution in [0.15, 0.2) is 109 Å². The van der Waals surface area contributed by atoms with Gasteiger partial charge in [0, 0.05) is 31.4 Å². The molecule has 4 aromatic carbocycles. The number of hydrogen-bond donors (Lipinski definition) is 0. The highest BCUT2D eigenvalue weighted by Gasteiger charge is 2.30. The molecule has 1 aromatic heterocycles. The second-order valence-corrected chi connectivity index (χ2v) is 9.48. The average molecular weight is 526 g/mol. The van der Waals surface area contributed by atoms with Gasteiger partial charge in [0.05, 0.1) is 23.4 Å². The van der Waals surface area contributed by atoms with Crippen molar-refractivity contribution in [2.24, 2.45) is 0 Å². The van der Waals surface area contributed by atoms with Crippen LogP contribution in [0, 0.1) is 0 Å². The quantitative estimate of drug-likeness (QED) is 0.230. The van der Waals surface area contributed by atoms with Gasteiger partial charge in [-0.3, -0.25) is 4.79 Å². The molecule has 39 heavy (non-hydrogen) atoms. The van der Waals surface area contributed by atoms with Crippen molar-refractivity contribution in [3.8, 4) is 39.2 Å². The normalized spacial score (nSPS) is 11.4. The number of carbonyl (C=O) groups excluding carboxylic acids is 1. The molecule has 1 amide bonds. The van der Waals surface area contributed by atoms with E-state index in [1.54, 1.807) is 26.4 Å². The number of alkyl halides is 3. The van der Waals surface area contributed by atoms with E-state index < -0.39 is 11.7 Å². The Morgan fingerprint density at radius 3 is 1.82 bits per heavy atom. The second kappa shape index (κ2) is 10.6. The SMILES string of the molecule is CN(C)C(=O)Cc1cn(-c2cccc(C(F)(F)F)c2)nc1-c1ccc(-c2ccc(-c3ccccc3)cc2)cc1. The zero-order valence-corrected chi connectivity index (χ0v) is 21.5. The fourth-order valence-corrected chi connectivity index (χ4v) is 4.37.